The third-order valence-corrected chi connectivity index (χ3v) is 4.00. The average Bonchev–Trinajstić information content (AvgIpc) is 3.16. The van der Waals surface area contributed by atoms with Crippen LogP contribution >= 0.6 is 0 Å². The maximum absolute atomic E-state index is 5.85. The smallest absolute Gasteiger partial charge is 0.119 e. The van der Waals surface area contributed by atoms with Gasteiger partial charge in [-0.1, -0.05) is 12.1 Å². The summed E-state index contributed by atoms with van der Waals surface area (Å²) in [5, 5.41) is 3.66. The van der Waals surface area contributed by atoms with Crippen molar-refractivity contribution in [2.45, 2.75) is 44.9 Å². The number of rotatable bonds is 6. The van der Waals surface area contributed by atoms with Crippen LogP contribution in [-0.4, -0.2) is 25.4 Å². The highest BCUT2D eigenvalue weighted by molar-refractivity contribution is 5.28. The van der Waals surface area contributed by atoms with Gasteiger partial charge in [0.2, 0.25) is 0 Å². The Bertz CT molecular complexity index is 417. The van der Waals surface area contributed by atoms with Crippen molar-refractivity contribution in [3.05, 3.63) is 29.8 Å². The van der Waals surface area contributed by atoms with Crippen molar-refractivity contribution in [2.75, 3.05) is 13.2 Å². The topological polar surface area (TPSA) is 30.5 Å². The molecule has 19 heavy (non-hydrogen) atoms. The quantitative estimate of drug-likeness (QED) is 0.854. The number of benzene rings is 1. The van der Waals surface area contributed by atoms with Gasteiger partial charge in [-0.25, -0.2) is 0 Å². The molecule has 1 saturated heterocycles. The van der Waals surface area contributed by atoms with E-state index >= 15 is 0 Å². The van der Waals surface area contributed by atoms with E-state index in [-0.39, 0.29) is 0 Å². The number of ether oxygens (including phenoxy) is 2. The minimum Gasteiger partial charge on any atom is -0.494 e. The van der Waals surface area contributed by atoms with Crippen LogP contribution in [0.4, 0.5) is 0 Å². The Morgan fingerprint density at radius 1 is 1.32 bits per heavy atom. The predicted molar refractivity (Wildman–Crippen MR) is 75.3 cm³/mol. The van der Waals surface area contributed by atoms with Crippen LogP contribution in [0.1, 0.15) is 31.7 Å². The Morgan fingerprint density at radius 2 is 2.21 bits per heavy atom. The van der Waals surface area contributed by atoms with Crippen molar-refractivity contribution in [1.82, 2.24) is 5.32 Å². The highest BCUT2D eigenvalue weighted by Crippen LogP contribution is 2.38. The summed E-state index contributed by atoms with van der Waals surface area (Å²) in [5.74, 6) is 1.78. The minimum atomic E-state index is 0.454. The van der Waals surface area contributed by atoms with E-state index in [1.165, 1.54) is 18.4 Å². The Kier molecular flexibility index (Phi) is 4.04. The standard InChI is InChI=1S/C16H23NO2/c1-2-18-14-5-3-4-12(10-14)11-17-15-8-9-19-16(15)13-6-7-13/h3-5,10,13,15-17H,2,6-9,11H2,1H3. The average molecular weight is 261 g/mol. The van der Waals surface area contributed by atoms with Crippen LogP contribution < -0.4 is 10.1 Å². The second-order valence-electron chi connectivity index (χ2n) is 5.53. The van der Waals surface area contributed by atoms with Gasteiger partial charge in [0.25, 0.3) is 0 Å². The molecular weight excluding hydrogens is 238 g/mol. The summed E-state index contributed by atoms with van der Waals surface area (Å²) >= 11 is 0. The third kappa shape index (κ3) is 3.28. The van der Waals surface area contributed by atoms with Crippen molar-refractivity contribution in [3.8, 4) is 5.75 Å². The van der Waals surface area contributed by atoms with Gasteiger partial charge in [-0.05, 0) is 49.8 Å². The summed E-state index contributed by atoms with van der Waals surface area (Å²) in [5.41, 5.74) is 1.28. The molecule has 2 unspecified atom stereocenters. The van der Waals surface area contributed by atoms with E-state index in [1.54, 1.807) is 0 Å². The van der Waals surface area contributed by atoms with E-state index in [0.717, 1.165) is 37.8 Å². The van der Waals surface area contributed by atoms with Crippen molar-refractivity contribution in [1.29, 1.82) is 0 Å². The van der Waals surface area contributed by atoms with Gasteiger partial charge in [-0.15, -0.1) is 0 Å². The lowest BCUT2D eigenvalue weighted by Crippen LogP contribution is -2.37. The fourth-order valence-corrected chi connectivity index (χ4v) is 2.88. The molecule has 1 N–H and O–H groups in total. The predicted octanol–water partition coefficient (Wildman–Crippen LogP) is 2.74. The normalized spacial score (nSPS) is 26.6. The Labute approximate surface area is 115 Å². The van der Waals surface area contributed by atoms with Crippen LogP contribution in [-0.2, 0) is 11.3 Å². The Hall–Kier alpha value is -1.06. The highest BCUT2D eigenvalue weighted by atomic mass is 16.5. The van der Waals surface area contributed by atoms with Gasteiger partial charge in [0.15, 0.2) is 0 Å². The second-order valence-corrected chi connectivity index (χ2v) is 5.53. The maximum atomic E-state index is 5.85. The van der Waals surface area contributed by atoms with E-state index < -0.39 is 0 Å². The van der Waals surface area contributed by atoms with Crippen LogP contribution in [0.15, 0.2) is 24.3 Å². The molecule has 3 rings (SSSR count). The van der Waals surface area contributed by atoms with Crippen LogP contribution in [0, 0.1) is 5.92 Å². The number of hydrogen-bond acceptors (Lipinski definition) is 3. The molecule has 0 radical (unpaired) electrons. The van der Waals surface area contributed by atoms with Crippen LogP contribution in [0.25, 0.3) is 0 Å². The molecule has 1 aromatic carbocycles. The van der Waals surface area contributed by atoms with E-state index in [4.69, 9.17) is 9.47 Å². The summed E-state index contributed by atoms with van der Waals surface area (Å²) in [4.78, 5) is 0. The fraction of sp³-hybridized carbons (Fsp3) is 0.625. The molecule has 3 heteroatoms. The van der Waals surface area contributed by atoms with E-state index in [0.29, 0.717) is 12.1 Å². The largest absolute Gasteiger partial charge is 0.494 e. The number of nitrogens with one attached hydrogen (secondary N) is 1. The summed E-state index contributed by atoms with van der Waals surface area (Å²) in [6.07, 6.45) is 4.30. The Morgan fingerprint density at radius 3 is 3.00 bits per heavy atom. The zero-order valence-corrected chi connectivity index (χ0v) is 11.6. The van der Waals surface area contributed by atoms with Gasteiger partial charge in [0, 0.05) is 19.2 Å². The molecule has 0 amide bonds. The maximum Gasteiger partial charge on any atom is 0.119 e. The molecular formula is C16H23NO2. The molecule has 0 aromatic heterocycles. The molecule has 1 aliphatic carbocycles. The molecule has 1 saturated carbocycles. The lowest BCUT2D eigenvalue weighted by molar-refractivity contribution is 0.0809. The second kappa shape index (κ2) is 5.93. The van der Waals surface area contributed by atoms with Gasteiger partial charge in [-0.2, -0.15) is 0 Å². The SMILES string of the molecule is CCOc1cccc(CNC2CCOC2C2CC2)c1. The monoisotopic (exact) mass is 261 g/mol. The number of hydrogen-bond donors (Lipinski definition) is 1. The van der Waals surface area contributed by atoms with Gasteiger partial charge < -0.3 is 14.8 Å². The molecule has 1 aliphatic heterocycles. The first-order valence-corrected chi connectivity index (χ1v) is 7.43. The lowest BCUT2D eigenvalue weighted by Gasteiger charge is -2.19. The summed E-state index contributed by atoms with van der Waals surface area (Å²) < 4.78 is 11.4. The van der Waals surface area contributed by atoms with E-state index in [2.05, 4.69) is 23.5 Å². The summed E-state index contributed by atoms with van der Waals surface area (Å²) in [6.45, 7) is 4.55. The first-order valence-electron chi connectivity index (χ1n) is 7.43. The Balaban J connectivity index is 1.54. The van der Waals surface area contributed by atoms with Crippen molar-refractivity contribution in [2.24, 2.45) is 5.92 Å². The first kappa shape index (κ1) is 12.9. The van der Waals surface area contributed by atoms with Crippen molar-refractivity contribution >= 4 is 0 Å². The molecule has 3 nitrogen and oxygen atoms in total. The van der Waals surface area contributed by atoms with Crippen LogP contribution in [0.2, 0.25) is 0 Å². The third-order valence-electron chi connectivity index (χ3n) is 4.00. The van der Waals surface area contributed by atoms with E-state index in [1.807, 2.05) is 13.0 Å². The van der Waals surface area contributed by atoms with Gasteiger partial charge in [0.1, 0.15) is 5.75 Å². The molecule has 1 aromatic rings. The summed E-state index contributed by atoms with van der Waals surface area (Å²) in [6, 6.07) is 8.88. The zero-order valence-electron chi connectivity index (χ0n) is 11.6. The molecule has 0 spiro atoms. The van der Waals surface area contributed by atoms with Gasteiger partial charge in [0.05, 0.1) is 12.7 Å². The molecule has 2 aliphatic rings. The molecule has 2 atom stereocenters. The molecule has 104 valence electrons. The first-order chi connectivity index (χ1) is 9.36. The van der Waals surface area contributed by atoms with Gasteiger partial charge in [-0.3, -0.25) is 0 Å². The zero-order chi connectivity index (χ0) is 13.1. The molecule has 1 heterocycles. The lowest BCUT2D eigenvalue weighted by atomic mass is 10.1. The highest BCUT2D eigenvalue weighted by Gasteiger charge is 2.40. The summed E-state index contributed by atoms with van der Waals surface area (Å²) in [7, 11) is 0. The van der Waals surface area contributed by atoms with Crippen LogP contribution in [0.5, 0.6) is 5.75 Å². The molecule has 2 fully saturated rings. The molecule has 0 bridgehead atoms. The van der Waals surface area contributed by atoms with Crippen LogP contribution in [0.3, 0.4) is 0 Å². The van der Waals surface area contributed by atoms with Crippen molar-refractivity contribution < 1.29 is 9.47 Å². The van der Waals surface area contributed by atoms with E-state index in [9.17, 15) is 0 Å². The minimum absolute atomic E-state index is 0.454. The van der Waals surface area contributed by atoms with Crippen molar-refractivity contribution in [3.63, 3.8) is 0 Å². The van der Waals surface area contributed by atoms with Gasteiger partial charge >= 0.3 is 0 Å². The fourth-order valence-electron chi connectivity index (χ4n) is 2.88.